The first-order chi connectivity index (χ1) is 8.85. The Balaban J connectivity index is 2.60. The lowest BCUT2D eigenvalue weighted by atomic mass is 9.88. The Bertz CT molecular complexity index is 447. The number of hydrogen-bond donors (Lipinski definition) is 3. The summed E-state index contributed by atoms with van der Waals surface area (Å²) in [4.78, 5) is 11.9. The van der Waals surface area contributed by atoms with Gasteiger partial charge in [0.25, 0.3) is 5.91 Å². The van der Waals surface area contributed by atoms with E-state index in [-0.39, 0.29) is 29.2 Å². The monoisotopic (exact) mass is 268 g/mol. The highest BCUT2D eigenvalue weighted by Gasteiger charge is 2.19. The number of nitrogens with one attached hydrogen (secondary N) is 1. The minimum absolute atomic E-state index is 0.104. The Morgan fingerprint density at radius 2 is 2.16 bits per heavy atom. The van der Waals surface area contributed by atoms with E-state index in [1.54, 1.807) is 0 Å². The lowest BCUT2D eigenvalue weighted by Crippen LogP contribution is -2.34. The third-order valence-corrected chi connectivity index (χ3v) is 3.00. The Morgan fingerprint density at radius 1 is 1.47 bits per heavy atom. The van der Waals surface area contributed by atoms with Gasteiger partial charge >= 0.3 is 0 Å². The van der Waals surface area contributed by atoms with Gasteiger partial charge in [0, 0.05) is 18.8 Å². The van der Waals surface area contributed by atoms with Crippen molar-refractivity contribution in [1.82, 2.24) is 5.32 Å². The fraction of sp³-hybridized carbons (Fsp3) is 0.500. The SMILES string of the molecule is CC(C)(CCCO)CNC(=O)c1ccc(F)cc1N. The van der Waals surface area contributed by atoms with Gasteiger partial charge in [-0.3, -0.25) is 4.79 Å². The summed E-state index contributed by atoms with van der Waals surface area (Å²) in [6, 6.07) is 3.72. The van der Waals surface area contributed by atoms with Gasteiger partial charge < -0.3 is 16.2 Å². The molecule has 0 aliphatic rings. The molecule has 0 unspecified atom stereocenters. The van der Waals surface area contributed by atoms with Crippen molar-refractivity contribution in [2.24, 2.45) is 5.41 Å². The third-order valence-electron chi connectivity index (χ3n) is 3.00. The van der Waals surface area contributed by atoms with Crippen molar-refractivity contribution in [3.05, 3.63) is 29.6 Å². The zero-order chi connectivity index (χ0) is 14.5. The average molecular weight is 268 g/mol. The van der Waals surface area contributed by atoms with Crippen molar-refractivity contribution in [2.45, 2.75) is 26.7 Å². The van der Waals surface area contributed by atoms with Gasteiger partial charge in [0.1, 0.15) is 5.82 Å². The molecule has 4 N–H and O–H groups in total. The maximum atomic E-state index is 12.9. The zero-order valence-corrected chi connectivity index (χ0v) is 11.4. The molecule has 0 aliphatic carbocycles. The van der Waals surface area contributed by atoms with Crippen molar-refractivity contribution in [1.29, 1.82) is 0 Å². The molecule has 5 heteroatoms. The maximum absolute atomic E-state index is 12.9. The van der Waals surface area contributed by atoms with Crippen LogP contribution in [0.15, 0.2) is 18.2 Å². The van der Waals surface area contributed by atoms with E-state index >= 15 is 0 Å². The molecular weight excluding hydrogens is 247 g/mol. The molecule has 1 aromatic rings. The van der Waals surface area contributed by atoms with Gasteiger partial charge in [0.2, 0.25) is 0 Å². The Morgan fingerprint density at radius 3 is 2.74 bits per heavy atom. The van der Waals surface area contributed by atoms with Crippen LogP contribution in [-0.4, -0.2) is 24.2 Å². The van der Waals surface area contributed by atoms with E-state index in [2.05, 4.69) is 5.32 Å². The number of halogens is 1. The van der Waals surface area contributed by atoms with Gasteiger partial charge in [0.05, 0.1) is 5.56 Å². The average Bonchev–Trinajstić information content (AvgIpc) is 2.34. The smallest absolute Gasteiger partial charge is 0.253 e. The number of amides is 1. The van der Waals surface area contributed by atoms with E-state index in [0.717, 1.165) is 12.5 Å². The molecule has 106 valence electrons. The lowest BCUT2D eigenvalue weighted by molar-refractivity contribution is 0.0934. The molecular formula is C14H21FN2O2. The molecule has 0 heterocycles. The fourth-order valence-electron chi connectivity index (χ4n) is 1.80. The van der Waals surface area contributed by atoms with Crippen molar-refractivity contribution in [3.8, 4) is 0 Å². The van der Waals surface area contributed by atoms with Gasteiger partial charge in [-0.15, -0.1) is 0 Å². The molecule has 0 saturated heterocycles. The Kier molecular flexibility index (Phi) is 5.30. The number of nitrogen functional groups attached to an aromatic ring is 1. The number of aliphatic hydroxyl groups excluding tert-OH is 1. The van der Waals surface area contributed by atoms with Crippen LogP contribution in [0.2, 0.25) is 0 Å². The van der Waals surface area contributed by atoms with Crippen LogP contribution >= 0.6 is 0 Å². The summed E-state index contributed by atoms with van der Waals surface area (Å²) in [5, 5.41) is 11.6. The van der Waals surface area contributed by atoms with Crippen LogP contribution in [0, 0.1) is 11.2 Å². The normalized spacial score (nSPS) is 11.4. The molecule has 0 bridgehead atoms. The van der Waals surface area contributed by atoms with Crippen molar-refractivity contribution in [2.75, 3.05) is 18.9 Å². The molecule has 4 nitrogen and oxygen atoms in total. The van der Waals surface area contributed by atoms with Crippen molar-refractivity contribution >= 4 is 11.6 Å². The summed E-state index contributed by atoms with van der Waals surface area (Å²) >= 11 is 0. The van der Waals surface area contributed by atoms with E-state index in [4.69, 9.17) is 10.8 Å². The standard InChI is InChI=1S/C14H21FN2O2/c1-14(2,6-3-7-18)9-17-13(19)11-5-4-10(15)8-12(11)16/h4-5,8,18H,3,6-7,9,16H2,1-2H3,(H,17,19). The van der Waals surface area contributed by atoms with Crippen LogP contribution in [0.25, 0.3) is 0 Å². The van der Waals surface area contributed by atoms with E-state index in [0.29, 0.717) is 13.0 Å². The molecule has 0 saturated carbocycles. The van der Waals surface area contributed by atoms with Crippen LogP contribution < -0.4 is 11.1 Å². The molecule has 0 spiro atoms. The Hall–Kier alpha value is -1.62. The maximum Gasteiger partial charge on any atom is 0.253 e. The number of benzene rings is 1. The number of anilines is 1. The number of carbonyl (C=O) groups excluding carboxylic acids is 1. The van der Waals surface area contributed by atoms with Crippen LogP contribution in [0.1, 0.15) is 37.0 Å². The number of aliphatic hydroxyl groups is 1. The minimum atomic E-state index is -0.461. The van der Waals surface area contributed by atoms with Gasteiger partial charge in [-0.1, -0.05) is 13.8 Å². The summed E-state index contributed by atoms with van der Waals surface area (Å²) in [5.74, 6) is -0.771. The lowest BCUT2D eigenvalue weighted by Gasteiger charge is -2.24. The molecule has 1 rings (SSSR count). The van der Waals surface area contributed by atoms with E-state index in [9.17, 15) is 9.18 Å². The second-order valence-corrected chi connectivity index (χ2v) is 5.41. The molecule has 0 aliphatic heterocycles. The number of hydrogen-bond acceptors (Lipinski definition) is 3. The number of rotatable bonds is 6. The van der Waals surface area contributed by atoms with E-state index in [1.165, 1.54) is 12.1 Å². The van der Waals surface area contributed by atoms with Gasteiger partial charge in [-0.05, 0) is 36.5 Å². The Labute approximate surface area is 112 Å². The summed E-state index contributed by atoms with van der Waals surface area (Å²) in [5.41, 5.74) is 5.91. The first-order valence-electron chi connectivity index (χ1n) is 6.30. The molecule has 1 amide bonds. The molecule has 19 heavy (non-hydrogen) atoms. The first kappa shape index (κ1) is 15.4. The highest BCUT2D eigenvalue weighted by Crippen LogP contribution is 2.21. The highest BCUT2D eigenvalue weighted by atomic mass is 19.1. The second-order valence-electron chi connectivity index (χ2n) is 5.41. The quantitative estimate of drug-likeness (QED) is 0.690. The highest BCUT2D eigenvalue weighted by molar-refractivity contribution is 5.99. The van der Waals surface area contributed by atoms with Crippen molar-refractivity contribution < 1.29 is 14.3 Å². The van der Waals surface area contributed by atoms with Gasteiger partial charge in [-0.25, -0.2) is 4.39 Å². The topological polar surface area (TPSA) is 75.3 Å². The van der Waals surface area contributed by atoms with Gasteiger partial charge in [-0.2, -0.15) is 0 Å². The summed E-state index contributed by atoms with van der Waals surface area (Å²) in [6.45, 7) is 4.64. The molecule has 0 radical (unpaired) electrons. The fourth-order valence-corrected chi connectivity index (χ4v) is 1.80. The number of carbonyl (C=O) groups is 1. The summed E-state index contributed by atoms with van der Waals surface area (Å²) in [7, 11) is 0. The third kappa shape index (κ3) is 4.87. The first-order valence-corrected chi connectivity index (χ1v) is 6.30. The minimum Gasteiger partial charge on any atom is -0.398 e. The van der Waals surface area contributed by atoms with Crippen molar-refractivity contribution in [3.63, 3.8) is 0 Å². The summed E-state index contributed by atoms with van der Waals surface area (Å²) in [6.07, 6.45) is 1.50. The van der Waals surface area contributed by atoms with E-state index in [1.807, 2.05) is 13.8 Å². The van der Waals surface area contributed by atoms with E-state index < -0.39 is 5.82 Å². The zero-order valence-electron chi connectivity index (χ0n) is 11.4. The molecule has 0 atom stereocenters. The second kappa shape index (κ2) is 6.52. The van der Waals surface area contributed by atoms with Gasteiger partial charge in [0.15, 0.2) is 0 Å². The van der Waals surface area contributed by atoms with Crippen LogP contribution in [0.4, 0.5) is 10.1 Å². The predicted molar refractivity (Wildman–Crippen MR) is 73.2 cm³/mol. The predicted octanol–water partition coefficient (Wildman–Crippen LogP) is 1.94. The van der Waals surface area contributed by atoms with Crippen LogP contribution in [-0.2, 0) is 0 Å². The largest absolute Gasteiger partial charge is 0.398 e. The van der Waals surface area contributed by atoms with Crippen LogP contribution in [0.5, 0.6) is 0 Å². The number of nitrogens with two attached hydrogens (primary N) is 1. The summed E-state index contributed by atoms with van der Waals surface area (Å²) < 4.78 is 12.9. The molecule has 0 aromatic heterocycles. The molecule has 0 fully saturated rings. The molecule has 1 aromatic carbocycles. The van der Waals surface area contributed by atoms with Crippen LogP contribution in [0.3, 0.4) is 0 Å².